The largest absolute Gasteiger partial charge is 0.479 e. The predicted octanol–water partition coefficient (Wildman–Crippen LogP) is 5.43. The number of hydrogen-bond donors (Lipinski definition) is 1. The summed E-state index contributed by atoms with van der Waals surface area (Å²) in [5, 5.41) is 9.45. The lowest BCUT2D eigenvalue weighted by molar-refractivity contribution is -0.152. The van der Waals surface area contributed by atoms with Crippen molar-refractivity contribution in [2.45, 2.75) is 33.0 Å². The number of carboxylic acids is 1. The van der Waals surface area contributed by atoms with Gasteiger partial charge >= 0.3 is 5.97 Å². The molecule has 144 valence electrons. The van der Waals surface area contributed by atoms with E-state index in [0.717, 1.165) is 27.8 Å². The lowest BCUT2D eigenvalue weighted by Crippen LogP contribution is -2.25. The maximum atomic E-state index is 11.5. The third-order valence-corrected chi connectivity index (χ3v) is 4.61. The number of carbonyl (C=O) groups is 1. The van der Waals surface area contributed by atoms with Crippen molar-refractivity contribution < 1.29 is 14.6 Å². The van der Waals surface area contributed by atoms with Crippen LogP contribution in [0.15, 0.2) is 73.1 Å². The van der Waals surface area contributed by atoms with Crippen molar-refractivity contribution in [2.75, 3.05) is 0 Å². The zero-order chi connectivity index (χ0) is 19.9. The van der Waals surface area contributed by atoms with Gasteiger partial charge in [0, 0.05) is 12.4 Å². The number of benzene rings is 2. The van der Waals surface area contributed by atoms with E-state index in [1.54, 1.807) is 12.4 Å². The van der Waals surface area contributed by atoms with Crippen LogP contribution in [0, 0.1) is 5.92 Å². The number of aromatic nitrogens is 1. The third kappa shape index (κ3) is 5.05. The first kappa shape index (κ1) is 19.8. The van der Waals surface area contributed by atoms with Crippen molar-refractivity contribution in [1.29, 1.82) is 0 Å². The van der Waals surface area contributed by atoms with E-state index in [0.29, 0.717) is 6.42 Å². The van der Waals surface area contributed by atoms with Gasteiger partial charge in [0.1, 0.15) is 0 Å². The molecule has 4 nitrogen and oxygen atoms in total. The lowest BCUT2D eigenvalue weighted by Gasteiger charge is -2.18. The van der Waals surface area contributed by atoms with Gasteiger partial charge in [-0.05, 0) is 58.4 Å². The quantitative estimate of drug-likeness (QED) is 0.570. The predicted molar refractivity (Wildman–Crippen MR) is 111 cm³/mol. The molecule has 0 bridgehead atoms. The highest BCUT2D eigenvalue weighted by molar-refractivity contribution is 5.75. The highest BCUT2D eigenvalue weighted by atomic mass is 16.5. The minimum Gasteiger partial charge on any atom is -0.479 e. The van der Waals surface area contributed by atoms with Crippen LogP contribution < -0.4 is 0 Å². The topological polar surface area (TPSA) is 59.4 Å². The van der Waals surface area contributed by atoms with Gasteiger partial charge in [-0.15, -0.1) is 0 Å². The van der Waals surface area contributed by atoms with E-state index in [1.165, 1.54) is 0 Å². The maximum Gasteiger partial charge on any atom is 0.332 e. The zero-order valence-electron chi connectivity index (χ0n) is 16.2. The zero-order valence-corrected chi connectivity index (χ0v) is 16.2. The summed E-state index contributed by atoms with van der Waals surface area (Å²) >= 11 is 0. The molecular weight excluding hydrogens is 350 g/mol. The molecule has 1 aromatic heterocycles. The van der Waals surface area contributed by atoms with E-state index >= 15 is 0 Å². The number of ether oxygens (including phenoxy) is 1. The van der Waals surface area contributed by atoms with E-state index in [4.69, 9.17) is 4.74 Å². The van der Waals surface area contributed by atoms with Gasteiger partial charge in [0.25, 0.3) is 0 Å². The van der Waals surface area contributed by atoms with Gasteiger partial charge in [0.15, 0.2) is 6.10 Å². The molecule has 0 spiro atoms. The first-order valence-corrected chi connectivity index (χ1v) is 9.47. The third-order valence-electron chi connectivity index (χ3n) is 4.61. The van der Waals surface area contributed by atoms with Crippen LogP contribution in [-0.2, 0) is 16.1 Å². The van der Waals surface area contributed by atoms with Crippen molar-refractivity contribution in [3.05, 3.63) is 78.6 Å². The van der Waals surface area contributed by atoms with E-state index < -0.39 is 12.1 Å². The minimum absolute atomic E-state index is 0.253. The fourth-order valence-corrected chi connectivity index (χ4v) is 3.17. The van der Waals surface area contributed by atoms with Crippen molar-refractivity contribution >= 4 is 5.97 Å². The molecule has 0 aliphatic heterocycles. The second kappa shape index (κ2) is 9.29. The van der Waals surface area contributed by atoms with Gasteiger partial charge in [-0.3, -0.25) is 4.98 Å². The van der Waals surface area contributed by atoms with E-state index in [1.807, 2.05) is 56.3 Å². The van der Waals surface area contributed by atoms with Crippen LogP contribution in [0.5, 0.6) is 0 Å². The molecule has 0 amide bonds. The Morgan fingerprint density at radius 3 is 2.32 bits per heavy atom. The Balaban J connectivity index is 1.93. The number of nitrogens with zero attached hydrogens (tertiary/aromatic N) is 1. The molecule has 1 atom stereocenters. The van der Waals surface area contributed by atoms with Gasteiger partial charge < -0.3 is 9.84 Å². The molecule has 0 fully saturated rings. The van der Waals surface area contributed by atoms with Crippen molar-refractivity contribution in [3.8, 4) is 22.3 Å². The van der Waals surface area contributed by atoms with E-state index in [2.05, 4.69) is 23.2 Å². The highest BCUT2D eigenvalue weighted by Crippen LogP contribution is 2.30. The summed E-state index contributed by atoms with van der Waals surface area (Å²) < 4.78 is 5.80. The number of hydrogen-bond acceptors (Lipinski definition) is 3. The summed E-state index contributed by atoms with van der Waals surface area (Å²) in [4.78, 5) is 15.6. The number of rotatable bonds is 8. The molecule has 3 aromatic rings. The van der Waals surface area contributed by atoms with Gasteiger partial charge in [0.05, 0.1) is 6.61 Å². The Morgan fingerprint density at radius 2 is 1.68 bits per heavy atom. The molecule has 0 saturated carbocycles. The fraction of sp³-hybridized carbons (Fsp3) is 0.250. The summed E-state index contributed by atoms with van der Waals surface area (Å²) in [6.07, 6.45) is 3.24. The van der Waals surface area contributed by atoms with Crippen LogP contribution in [0.1, 0.15) is 25.8 Å². The smallest absolute Gasteiger partial charge is 0.332 e. The first-order valence-electron chi connectivity index (χ1n) is 9.47. The molecule has 0 radical (unpaired) electrons. The summed E-state index contributed by atoms with van der Waals surface area (Å²) in [5.74, 6) is -0.660. The molecule has 0 unspecified atom stereocenters. The van der Waals surface area contributed by atoms with Gasteiger partial charge in [-0.25, -0.2) is 4.79 Å². The molecule has 4 heteroatoms. The highest BCUT2D eigenvalue weighted by Gasteiger charge is 2.20. The van der Waals surface area contributed by atoms with Crippen LogP contribution in [0.4, 0.5) is 0 Å². The lowest BCUT2D eigenvalue weighted by atomic mass is 9.95. The second-order valence-corrected chi connectivity index (χ2v) is 7.24. The molecule has 28 heavy (non-hydrogen) atoms. The Hall–Kier alpha value is -2.98. The average Bonchev–Trinajstić information content (AvgIpc) is 2.72. The van der Waals surface area contributed by atoms with Crippen LogP contribution in [-0.4, -0.2) is 22.2 Å². The normalized spacial score (nSPS) is 12.1. The van der Waals surface area contributed by atoms with Crippen LogP contribution in [0.2, 0.25) is 0 Å². The average molecular weight is 375 g/mol. The first-order chi connectivity index (χ1) is 13.5. The minimum atomic E-state index is -0.914. The SMILES string of the molecule is CC(C)C[C@H](OCc1ccc(-c2ccncc2)cc1-c1ccccc1)C(=O)O. The number of pyridine rings is 1. The van der Waals surface area contributed by atoms with Crippen molar-refractivity contribution in [3.63, 3.8) is 0 Å². The Kier molecular flexibility index (Phi) is 6.56. The van der Waals surface area contributed by atoms with E-state index in [9.17, 15) is 9.90 Å². The molecule has 3 rings (SSSR count). The van der Waals surface area contributed by atoms with Crippen LogP contribution in [0.3, 0.4) is 0 Å². The fourth-order valence-electron chi connectivity index (χ4n) is 3.17. The van der Waals surface area contributed by atoms with Gasteiger partial charge in [-0.1, -0.05) is 56.3 Å². The van der Waals surface area contributed by atoms with Crippen LogP contribution in [0.25, 0.3) is 22.3 Å². The van der Waals surface area contributed by atoms with Crippen LogP contribution >= 0.6 is 0 Å². The monoisotopic (exact) mass is 375 g/mol. The number of aliphatic carboxylic acids is 1. The summed E-state index contributed by atoms with van der Waals surface area (Å²) in [6, 6.07) is 20.2. The Labute approximate surface area is 165 Å². The number of carboxylic acid groups (broad SMARTS) is 1. The van der Waals surface area contributed by atoms with Gasteiger partial charge in [0.2, 0.25) is 0 Å². The summed E-state index contributed by atoms with van der Waals surface area (Å²) in [6.45, 7) is 4.25. The molecular formula is C24H25NO3. The molecule has 0 aliphatic carbocycles. The summed E-state index contributed by atoms with van der Waals surface area (Å²) in [5.41, 5.74) is 5.26. The molecule has 1 heterocycles. The standard InChI is InChI=1S/C24H25NO3/c1-17(2)14-23(24(26)27)28-16-21-9-8-20(18-10-12-25-13-11-18)15-22(21)19-6-4-3-5-7-19/h3-13,15,17,23H,14,16H2,1-2H3,(H,26,27)/t23-/m0/s1. The Bertz CT molecular complexity index is 908. The summed E-state index contributed by atoms with van der Waals surface area (Å²) in [7, 11) is 0. The Morgan fingerprint density at radius 1 is 0.964 bits per heavy atom. The maximum absolute atomic E-state index is 11.5. The second-order valence-electron chi connectivity index (χ2n) is 7.24. The van der Waals surface area contributed by atoms with Gasteiger partial charge in [-0.2, -0.15) is 0 Å². The molecule has 1 N–H and O–H groups in total. The molecule has 0 aliphatic rings. The molecule has 0 saturated heterocycles. The molecule has 2 aromatic carbocycles. The van der Waals surface area contributed by atoms with Crippen molar-refractivity contribution in [1.82, 2.24) is 4.98 Å². The van der Waals surface area contributed by atoms with E-state index in [-0.39, 0.29) is 12.5 Å². The van der Waals surface area contributed by atoms with Crippen molar-refractivity contribution in [2.24, 2.45) is 5.92 Å².